The van der Waals surface area contributed by atoms with E-state index in [2.05, 4.69) is 11.6 Å². The second-order valence-electron chi connectivity index (χ2n) is 2.25. The third-order valence-corrected chi connectivity index (χ3v) is 1.38. The first kappa shape index (κ1) is 9.89. The van der Waals surface area contributed by atoms with Gasteiger partial charge in [-0.3, -0.25) is 4.99 Å². The van der Waals surface area contributed by atoms with Gasteiger partial charge in [0, 0.05) is 11.9 Å². The molecular weight excluding hydrogens is 134 g/mol. The lowest BCUT2D eigenvalue weighted by Crippen LogP contribution is -1.76. The van der Waals surface area contributed by atoms with E-state index >= 15 is 0 Å². The summed E-state index contributed by atoms with van der Waals surface area (Å²) in [6, 6.07) is 0. The Morgan fingerprint density at radius 3 is 2.45 bits per heavy atom. The van der Waals surface area contributed by atoms with Crippen molar-refractivity contribution in [3.05, 3.63) is 36.1 Å². The SMILES string of the molecule is C=C/C=C\C(C)=C(/C)N=CC. The molecule has 0 unspecified atom stereocenters. The fraction of sp³-hybridized carbons (Fsp3) is 0.300. The molecule has 0 aromatic rings. The Labute approximate surface area is 68.9 Å². The molecule has 1 nitrogen and oxygen atoms in total. The zero-order valence-corrected chi connectivity index (χ0v) is 7.46. The topological polar surface area (TPSA) is 12.4 Å². The van der Waals surface area contributed by atoms with Gasteiger partial charge in [-0.15, -0.1) is 0 Å². The van der Waals surface area contributed by atoms with Crippen LogP contribution in [-0.2, 0) is 0 Å². The molecule has 0 amide bonds. The maximum Gasteiger partial charge on any atom is 0.0397 e. The zero-order valence-electron chi connectivity index (χ0n) is 7.46. The monoisotopic (exact) mass is 149 g/mol. The number of aliphatic imine (C=N–C) groups is 1. The lowest BCUT2D eigenvalue weighted by molar-refractivity contribution is 1.24. The summed E-state index contributed by atoms with van der Waals surface area (Å²) in [7, 11) is 0. The molecule has 0 aliphatic heterocycles. The van der Waals surface area contributed by atoms with Gasteiger partial charge in [0.25, 0.3) is 0 Å². The van der Waals surface area contributed by atoms with Crippen LogP contribution in [0.25, 0.3) is 0 Å². The van der Waals surface area contributed by atoms with Crippen molar-refractivity contribution < 1.29 is 0 Å². The van der Waals surface area contributed by atoms with Gasteiger partial charge in [0.05, 0.1) is 0 Å². The molecule has 60 valence electrons. The number of allylic oxidation sites excluding steroid dienone is 5. The van der Waals surface area contributed by atoms with Crippen LogP contribution in [0.1, 0.15) is 20.8 Å². The number of hydrogen-bond donors (Lipinski definition) is 0. The van der Waals surface area contributed by atoms with E-state index in [1.54, 1.807) is 12.3 Å². The molecule has 1 heteroatoms. The summed E-state index contributed by atoms with van der Waals surface area (Å²) in [5.74, 6) is 0. The maximum atomic E-state index is 4.15. The van der Waals surface area contributed by atoms with Crippen molar-refractivity contribution in [3.8, 4) is 0 Å². The second-order valence-corrected chi connectivity index (χ2v) is 2.25. The fourth-order valence-electron chi connectivity index (χ4n) is 0.628. The van der Waals surface area contributed by atoms with Gasteiger partial charge in [0.2, 0.25) is 0 Å². The average Bonchev–Trinajstić information content (AvgIpc) is 2.00. The highest BCUT2D eigenvalue weighted by Gasteiger charge is 1.86. The van der Waals surface area contributed by atoms with Crippen molar-refractivity contribution in [3.63, 3.8) is 0 Å². The van der Waals surface area contributed by atoms with Crippen LogP contribution in [-0.4, -0.2) is 6.21 Å². The minimum atomic E-state index is 1.05. The Balaban J connectivity index is 4.38. The fourth-order valence-corrected chi connectivity index (χ4v) is 0.628. The van der Waals surface area contributed by atoms with E-state index in [1.165, 1.54) is 5.57 Å². The van der Waals surface area contributed by atoms with Gasteiger partial charge < -0.3 is 0 Å². The van der Waals surface area contributed by atoms with Gasteiger partial charge in [-0.05, 0) is 26.3 Å². The number of hydrogen-bond acceptors (Lipinski definition) is 1. The summed E-state index contributed by atoms with van der Waals surface area (Å²) in [6.07, 6.45) is 7.45. The quantitative estimate of drug-likeness (QED) is 0.432. The van der Waals surface area contributed by atoms with Crippen molar-refractivity contribution in [1.82, 2.24) is 0 Å². The van der Waals surface area contributed by atoms with Crippen LogP contribution in [0.2, 0.25) is 0 Å². The van der Waals surface area contributed by atoms with E-state index in [0.29, 0.717) is 0 Å². The van der Waals surface area contributed by atoms with Gasteiger partial charge in [-0.1, -0.05) is 24.8 Å². The summed E-state index contributed by atoms with van der Waals surface area (Å²) in [5.41, 5.74) is 2.22. The van der Waals surface area contributed by atoms with Crippen LogP contribution < -0.4 is 0 Å². The highest BCUT2D eigenvalue weighted by molar-refractivity contribution is 5.55. The Morgan fingerprint density at radius 1 is 1.36 bits per heavy atom. The molecule has 0 aromatic carbocycles. The van der Waals surface area contributed by atoms with E-state index in [9.17, 15) is 0 Å². The van der Waals surface area contributed by atoms with Crippen molar-refractivity contribution in [2.75, 3.05) is 0 Å². The first-order valence-corrected chi connectivity index (χ1v) is 3.67. The highest BCUT2D eigenvalue weighted by atomic mass is 14.7. The molecule has 0 rings (SSSR count). The summed E-state index contributed by atoms with van der Waals surface area (Å²) < 4.78 is 0. The number of nitrogens with zero attached hydrogens (tertiary/aromatic N) is 1. The smallest absolute Gasteiger partial charge is 0.0397 e. The van der Waals surface area contributed by atoms with E-state index in [0.717, 1.165) is 5.70 Å². The molecule has 0 saturated heterocycles. The number of rotatable bonds is 3. The normalized spacial score (nSPS) is 14.1. The molecule has 0 aromatic heterocycles. The third-order valence-electron chi connectivity index (χ3n) is 1.38. The van der Waals surface area contributed by atoms with Gasteiger partial charge >= 0.3 is 0 Å². The van der Waals surface area contributed by atoms with E-state index in [-0.39, 0.29) is 0 Å². The zero-order chi connectivity index (χ0) is 8.69. The highest BCUT2D eigenvalue weighted by Crippen LogP contribution is 2.05. The molecule has 0 atom stereocenters. The first-order valence-electron chi connectivity index (χ1n) is 3.67. The van der Waals surface area contributed by atoms with Gasteiger partial charge in [0.15, 0.2) is 0 Å². The minimum Gasteiger partial charge on any atom is -0.266 e. The van der Waals surface area contributed by atoms with Crippen LogP contribution in [0.4, 0.5) is 0 Å². The lowest BCUT2D eigenvalue weighted by atomic mass is 10.2. The predicted molar refractivity (Wildman–Crippen MR) is 51.9 cm³/mol. The molecule has 0 heterocycles. The summed E-state index contributed by atoms with van der Waals surface area (Å²) in [4.78, 5) is 4.15. The van der Waals surface area contributed by atoms with E-state index in [1.807, 2.05) is 32.9 Å². The van der Waals surface area contributed by atoms with Crippen molar-refractivity contribution >= 4 is 6.21 Å². The molecule has 0 spiro atoms. The van der Waals surface area contributed by atoms with Gasteiger partial charge in [-0.2, -0.15) is 0 Å². The molecule has 11 heavy (non-hydrogen) atoms. The van der Waals surface area contributed by atoms with E-state index < -0.39 is 0 Å². The maximum absolute atomic E-state index is 4.15. The van der Waals surface area contributed by atoms with Crippen LogP contribution in [0.5, 0.6) is 0 Å². The summed E-state index contributed by atoms with van der Waals surface area (Å²) in [5, 5.41) is 0. The van der Waals surface area contributed by atoms with Crippen LogP contribution in [0, 0.1) is 0 Å². The van der Waals surface area contributed by atoms with Crippen molar-refractivity contribution in [2.45, 2.75) is 20.8 Å². The predicted octanol–water partition coefficient (Wildman–Crippen LogP) is 3.11. The standard InChI is InChI=1S/C10H15N/c1-5-7-8-9(3)10(4)11-6-2/h5-8H,1H2,2-4H3/b8-7-,10-9+,11-6?. The van der Waals surface area contributed by atoms with Gasteiger partial charge in [0.1, 0.15) is 0 Å². The molecule has 0 aliphatic rings. The summed E-state index contributed by atoms with van der Waals surface area (Å²) >= 11 is 0. The Hall–Kier alpha value is -1.11. The largest absolute Gasteiger partial charge is 0.266 e. The Morgan fingerprint density at radius 2 is 2.00 bits per heavy atom. The molecule has 0 radical (unpaired) electrons. The van der Waals surface area contributed by atoms with E-state index in [4.69, 9.17) is 0 Å². The molecular formula is C10H15N. The van der Waals surface area contributed by atoms with Gasteiger partial charge in [-0.25, -0.2) is 0 Å². The van der Waals surface area contributed by atoms with Crippen LogP contribution >= 0.6 is 0 Å². The van der Waals surface area contributed by atoms with Crippen molar-refractivity contribution in [1.29, 1.82) is 0 Å². The molecule has 0 fully saturated rings. The Bertz CT molecular complexity index is 207. The van der Waals surface area contributed by atoms with Crippen molar-refractivity contribution in [2.24, 2.45) is 4.99 Å². The molecule has 0 saturated carbocycles. The molecule has 0 aliphatic carbocycles. The first-order chi connectivity index (χ1) is 5.22. The molecule has 0 bridgehead atoms. The lowest BCUT2D eigenvalue weighted by Gasteiger charge is -1.94. The molecule has 0 N–H and O–H groups in total. The summed E-state index contributed by atoms with van der Waals surface area (Å²) in [6.45, 7) is 9.52. The average molecular weight is 149 g/mol. The van der Waals surface area contributed by atoms with Crippen LogP contribution in [0.3, 0.4) is 0 Å². The Kier molecular flexibility index (Phi) is 5.09. The van der Waals surface area contributed by atoms with Crippen LogP contribution in [0.15, 0.2) is 41.1 Å². The minimum absolute atomic E-state index is 1.05. The third kappa shape index (κ3) is 4.31. The second kappa shape index (κ2) is 5.66.